The third kappa shape index (κ3) is 2.08. The highest BCUT2D eigenvalue weighted by Crippen LogP contribution is 2.31. The molecule has 3 nitrogen and oxygen atoms in total. The van der Waals surface area contributed by atoms with Crippen LogP contribution >= 0.6 is 0 Å². The first-order chi connectivity index (χ1) is 9.15. The van der Waals surface area contributed by atoms with Crippen LogP contribution in [0.25, 0.3) is 0 Å². The van der Waals surface area contributed by atoms with E-state index in [4.69, 9.17) is 5.73 Å². The van der Waals surface area contributed by atoms with E-state index in [0.29, 0.717) is 5.69 Å². The number of nitrogens with two attached hydrogens (primary N) is 1. The van der Waals surface area contributed by atoms with Gasteiger partial charge in [-0.2, -0.15) is 0 Å². The first kappa shape index (κ1) is 11.8. The van der Waals surface area contributed by atoms with Crippen molar-refractivity contribution in [1.82, 2.24) is 0 Å². The lowest BCUT2D eigenvalue weighted by atomic mass is 10.1. The van der Waals surface area contributed by atoms with E-state index in [1.165, 1.54) is 5.56 Å². The summed E-state index contributed by atoms with van der Waals surface area (Å²) in [5.74, 6) is 0.0491. The number of hydrogen-bond acceptors (Lipinski definition) is 2. The van der Waals surface area contributed by atoms with Gasteiger partial charge in [-0.1, -0.05) is 23.8 Å². The number of amides is 1. The smallest absolute Gasteiger partial charge is 0.258 e. The van der Waals surface area contributed by atoms with Crippen molar-refractivity contribution < 1.29 is 4.79 Å². The van der Waals surface area contributed by atoms with Crippen molar-refractivity contribution in [3.8, 4) is 0 Å². The van der Waals surface area contributed by atoms with Gasteiger partial charge in [0.05, 0.1) is 0 Å². The molecule has 0 unspecified atom stereocenters. The van der Waals surface area contributed by atoms with Gasteiger partial charge in [-0.3, -0.25) is 4.79 Å². The lowest BCUT2D eigenvalue weighted by Gasteiger charge is -2.18. The number of nitrogens with zero attached hydrogens (tertiary/aromatic N) is 1. The Hall–Kier alpha value is -2.29. The van der Waals surface area contributed by atoms with Crippen molar-refractivity contribution >= 4 is 17.3 Å². The normalized spacial score (nSPS) is 13.4. The molecule has 0 atom stereocenters. The van der Waals surface area contributed by atoms with E-state index in [1.54, 1.807) is 0 Å². The molecule has 1 aliphatic heterocycles. The molecule has 0 spiro atoms. The number of rotatable bonds is 1. The zero-order chi connectivity index (χ0) is 13.4. The van der Waals surface area contributed by atoms with Gasteiger partial charge in [-0.25, -0.2) is 0 Å². The predicted octanol–water partition coefficient (Wildman–Crippen LogP) is 2.78. The molecule has 2 aromatic carbocycles. The molecule has 0 fully saturated rings. The Morgan fingerprint density at radius 3 is 2.84 bits per heavy atom. The fourth-order valence-electron chi connectivity index (χ4n) is 2.54. The number of fused-ring (bicyclic) bond motifs is 1. The van der Waals surface area contributed by atoms with Crippen molar-refractivity contribution in [3.05, 3.63) is 59.2 Å². The van der Waals surface area contributed by atoms with E-state index in [0.717, 1.165) is 29.8 Å². The van der Waals surface area contributed by atoms with Crippen molar-refractivity contribution in [2.75, 3.05) is 17.2 Å². The van der Waals surface area contributed by atoms with Crippen LogP contribution in [0.5, 0.6) is 0 Å². The predicted molar refractivity (Wildman–Crippen MR) is 77.4 cm³/mol. The number of hydrogen-bond donors (Lipinski definition) is 1. The molecule has 0 aliphatic carbocycles. The molecule has 0 aromatic heterocycles. The topological polar surface area (TPSA) is 46.3 Å². The van der Waals surface area contributed by atoms with Gasteiger partial charge in [0.2, 0.25) is 0 Å². The molecule has 96 valence electrons. The van der Waals surface area contributed by atoms with Crippen molar-refractivity contribution in [2.24, 2.45) is 0 Å². The molecule has 19 heavy (non-hydrogen) atoms. The third-order valence-corrected chi connectivity index (χ3v) is 3.52. The number of aryl methyl sites for hydroxylation is 1. The molecule has 1 heterocycles. The second-order valence-electron chi connectivity index (χ2n) is 4.96. The molecule has 2 aromatic rings. The first-order valence-electron chi connectivity index (χ1n) is 6.42. The van der Waals surface area contributed by atoms with Gasteiger partial charge in [0.25, 0.3) is 5.91 Å². The van der Waals surface area contributed by atoms with Crippen LogP contribution in [-0.2, 0) is 6.42 Å². The van der Waals surface area contributed by atoms with E-state index < -0.39 is 0 Å². The van der Waals surface area contributed by atoms with Gasteiger partial charge in [0.15, 0.2) is 0 Å². The Kier molecular flexibility index (Phi) is 2.75. The molecule has 2 N–H and O–H groups in total. The maximum atomic E-state index is 12.6. The zero-order valence-corrected chi connectivity index (χ0v) is 10.9. The summed E-state index contributed by atoms with van der Waals surface area (Å²) >= 11 is 0. The largest absolute Gasteiger partial charge is 0.399 e. The van der Waals surface area contributed by atoms with Gasteiger partial charge in [-0.15, -0.1) is 0 Å². The molecular formula is C16H16N2O. The fraction of sp³-hybridized carbons (Fsp3) is 0.188. The number of benzene rings is 2. The van der Waals surface area contributed by atoms with E-state index in [2.05, 4.69) is 0 Å². The first-order valence-corrected chi connectivity index (χ1v) is 6.42. The van der Waals surface area contributed by atoms with E-state index in [-0.39, 0.29) is 5.91 Å². The Morgan fingerprint density at radius 2 is 2.05 bits per heavy atom. The standard InChI is InChI=1S/C16H16N2O/c1-11-3-2-4-13(9-11)16(19)18-8-7-12-5-6-14(17)10-15(12)18/h2-6,9-10H,7-8,17H2,1H3. The zero-order valence-electron chi connectivity index (χ0n) is 10.9. The van der Waals surface area contributed by atoms with Gasteiger partial charge in [-0.05, 0) is 43.2 Å². The Labute approximate surface area is 112 Å². The molecule has 0 saturated carbocycles. The quantitative estimate of drug-likeness (QED) is 0.793. The minimum atomic E-state index is 0.0491. The SMILES string of the molecule is Cc1cccc(C(=O)N2CCc3ccc(N)cc32)c1. The second-order valence-corrected chi connectivity index (χ2v) is 4.96. The Bertz CT molecular complexity index is 649. The Morgan fingerprint density at radius 1 is 1.21 bits per heavy atom. The summed E-state index contributed by atoms with van der Waals surface area (Å²) < 4.78 is 0. The number of carbonyl (C=O) groups is 1. The minimum absolute atomic E-state index is 0.0491. The third-order valence-electron chi connectivity index (χ3n) is 3.52. The molecule has 0 radical (unpaired) electrons. The lowest BCUT2D eigenvalue weighted by molar-refractivity contribution is 0.0989. The average Bonchev–Trinajstić information content (AvgIpc) is 2.80. The van der Waals surface area contributed by atoms with Crippen molar-refractivity contribution in [1.29, 1.82) is 0 Å². The van der Waals surface area contributed by atoms with E-state index in [9.17, 15) is 4.79 Å². The summed E-state index contributed by atoms with van der Waals surface area (Å²) in [5, 5.41) is 0. The highest BCUT2D eigenvalue weighted by molar-refractivity contribution is 6.07. The molecule has 0 saturated heterocycles. The summed E-state index contributed by atoms with van der Waals surface area (Å²) in [6.07, 6.45) is 0.896. The van der Waals surface area contributed by atoms with Crippen LogP contribution in [-0.4, -0.2) is 12.5 Å². The summed E-state index contributed by atoms with van der Waals surface area (Å²) in [6, 6.07) is 13.5. The monoisotopic (exact) mass is 252 g/mol. The van der Waals surface area contributed by atoms with Crippen molar-refractivity contribution in [2.45, 2.75) is 13.3 Å². The van der Waals surface area contributed by atoms with Crippen LogP contribution in [0.15, 0.2) is 42.5 Å². The lowest BCUT2D eigenvalue weighted by Crippen LogP contribution is -2.28. The van der Waals surface area contributed by atoms with Gasteiger partial charge >= 0.3 is 0 Å². The van der Waals surface area contributed by atoms with Crippen LogP contribution in [0.1, 0.15) is 21.5 Å². The van der Waals surface area contributed by atoms with Gasteiger partial charge in [0.1, 0.15) is 0 Å². The molecule has 3 heteroatoms. The summed E-state index contributed by atoms with van der Waals surface area (Å²) in [6.45, 7) is 2.72. The molecule has 0 bridgehead atoms. The summed E-state index contributed by atoms with van der Waals surface area (Å²) in [5.41, 5.74) is 10.5. The fourth-order valence-corrected chi connectivity index (χ4v) is 2.54. The van der Waals surface area contributed by atoms with Crippen LogP contribution in [0.3, 0.4) is 0 Å². The van der Waals surface area contributed by atoms with Gasteiger partial charge in [0, 0.05) is 23.5 Å². The molecule has 1 aliphatic rings. The Balaban J connectivity index is 1.97. The number of nitrogen functional groups attached to an aromatic ring is 1. The summed E-state index contributed by atoms with van der Waals surface area (Å²) in [7, 11) is 0. The summed E-state index contributed by atoms with van der Waals surface area (Å²) in [4.78, 5) is 14.4. The number of carbonyl (C=O) groups excluding carboxylic acids is 1. The van der Waals surface area contributed by atoms with Crippen molar-refractivity contribution in [3.63, 3.8) is 0 Å². The van der Waals surface area contributed by atoms with Crippen LogP contribution in [0.4, 0.5) is 11.4 Å². The highest BCUT2D eigenvalue weighted by atomic mass is 16.2. The van der Waals surface area contributed by atoms with Crippen LogP contribution in [0, 0.1) is 6.92 Å². The molecule has 1 amide bonds. The van der Waals surface area contributed by atoms with E-state index in [1.807, 2.05) is 54.3 Å². The van der Waals surface area contributed by atoms with Crippen LogP contribution < -0.4 is 10.6 Å². The number of anilines is 2. The van der Waals surface area contributed by atoms with Gasteiger partial charge < -0.3 is 10.6 Å². The van der Waals surface area contributed by atoms with E-state index >= 15 is 0 Å². The minimum Gasteiger partial charge on any atom is -0.399 e. The maximum absolute atomic E-state index is 12.6. The van der Waals surface area contributed by atoms with Crippen LogP contribution in [0.2, 0.25) is 0 Å². The average molecular weight is 252 g/mol. The molecular weight excluding hydrogens is 236 g/mol. The highest BCUT2D eigenvalue weighted by Gasteiger charge is 2.25. The molecule has 3 rings (SSSR count). The second kappa shape index (κ2) is 4.43. The maximum Gasteiger partial charge on any atom is 0.258 e.